The Bertz CT molecular complexity index is 379. The molecule has 0 bridgehead atoms. The third-order valence-electron chi connectivity index (χ3n) is 2.01. The number of anilines is 1. The van der Waals surface area contributed by atoms with Gasteiger partial charge in [0.05, 0.1) is 6.20 Å². The van der Waals surface area contributed by atoms with Gasteiger partial charge in [0, 0.05) is 13.6 Å². The molecule has 0 amide bonds. The zero-order valence-electron chi connectivity index (χ0n) is 7.97. The molecule has 0 unspecified atom stereocenters. The van der Waals surface area contributed by atoms with E-state index in [2.05, 4.69) is 32.5 Å². The van der Waals surface area contributed by atoms with E-state index >= 15 is 0 Å². The molecule has 0 saturated carbocycles. The van der Waals surface area contributed by atoms with Crippen molar-refractivity contribution in [2.24, 2.45) is 7.05 Å². The Balaban J connectivity index is 1.81. The number of nitrogens with one attached hydrogen (secondary N) is 1. The predicted octanol–water partition coefficient (Wildman–Crippen LogP) is 1.53. The fraction of sp³-hybridized carbons (Fsp3) is 0.333. The highest BCUT2D eigenvalue weighted by molar-refractivity contribution is 7.07. The first-order valence-electron chi connectivity index (χ1n) is 4.46. The maximum absolute atomic E-state index is 3.84. The van der Waals surface area contributed by atoms with Crippen molar-refractivity contribution in [1.82, 2.24) is 15.0 Å². The Labute approximate surface area is 86.6 Å². The first-order chi connectivity index (χ1) is 6.86. The lowest BCUT2D eigenvalue weighted by atomic mass is 10.2. The summed E-state index contributed by atoms with van der Waals surface area (Å²) in [7, 11) is 1.87. The molecular weight excluding hydrogens is 196 g/mol. The van der Waals surface area contributed by atoms with Crippen LogP contribution in [0.25, 0.3) is 0 Å². The molecule has 0 spiro atoms. The lowest BCUT2D eigenvalue weighted by Crippen LogP contribution is -2.08. The van der Waals surface area contributed by atoms with Gasteiger partial charge in [0.1, 0.15) is 5.82 Å². The molecule has 1 N–H and O–H groups in total. The van der Waals surface area contributed by atoms with Gasteiger partial charge in [-0.3, -0.25) is 0 Å². The van der Waals surface area contributed by atoms with Gasteiger partial charge in [-0.25, -0.2) is 4.68 Å². The van der Waals surface area contributed by atoms with E-state index in [0.29, 0.717) is 0 Å². The summed E-state index contributed by atoms with van der Waals surface area (Å²) in [4.78, 5) is 0. The number of nitrogens with zero attached hydrogens (tertiary/aromatic N) is 3. The Kier molecular flexibility index (Phi) is 2.78. The smallest absolute Gasteiger partial charge is 0.144 e. The SMILES string of the molecule is Cn1nncc1NCCc1ccsc1. The summed E-state index contributed by atoms with van der Waals surface area (Å²) in [6.45, 7) is 0.915. The van der Waals surface area contributed by atoms with Crippen molar-refractivity contribution >= 4 is 17.2 Å². The topological polar surface area (TPSA) is 42.7 Å². The summed E-state index contributed by atoms with van der Waals surface area (Å²) >= 11 is 1.73. The largest absolute Gasteiger partial charge is 0.369 e. The fourth-order valence-corrected chi connectivity index (χ4v) is 1.92. The van der Waals surface area contributed by atoms with Crippen LogP contribution in [0.4, 0.5) is 5.82 Å². The summed E-state index contributed by atoms with van der Waals surface area (Å²) in [6.07, 6.45) is 2.77. The maximum atomic E-state index is 3.84. The second-order valence-electron chi connectivity index (χ2n) is 3.05. The highest BCUT2D eigenvalue weighted by atomic mass is 32.1. The van der Waals surface area contributed by atoms with Crippen LogP contribution in [0.15, 0.2) is 23.0 Å². The van der Waals surface area contributed by atoms with Crippen LogP contribution in [-0.4, -0.2) is 21.5 Å². The summed E-state index contributed by atoms with van der Waals surface area (Å²) in [5.41, 5.74) is 1.37. The van der Waals surface area contributed by atoms with Crippen LogP contribution in [0.5, 0.6) is 0 Å². The minimum atomic E-state index is 0.915. The monoisotopic (exact) mass is 208 g/mol. The lowest BCUT2D eigenvalue weighted by molar-refractivity contribution is 0.717. The van der Waals surface area contributed by atoms with Gasteiger partial charge in [-0.05, 0) is 28.8 Å². The van der Waals surface area contributed by atoms with Crippen LogP contribution < -0.4 is 5.32 Å². The Hall–Kier alpha value is -1.36. The number of thiophene rings is 1. The molecule has 0 atom stereocenters. The van der Waals surface area contributed by atoms with E-state index in [1.165, 1.54) is 5.56 Å². The van der Waals surface area contributed by atoms with Gasteiger partial charge >= 0.3 is 0 Å². The molecule has 2 aromatic rings. The molecule has 2 heterocycles. The van der Waals surface area contributed by atoms with Gasteiger partial charge in [0.15, 0.2) is 0 Å². The second kappa shape index (κ2) is 4.23. The molecule has 0 radical (unpaired) electrons. The summed E-state index contributed by atoms with van der Waals surface area (Å²) in [5, 5.41) is 15.2. The first-order valence-corrected chi connectivity index (χ1v) is 5.40. The normalized spacial score (nSPS) is 10.4. The summed E-state index contributed by atoms with van der Waals surface area (Å²) < 4.78 is 1.73. The molecule has 0 aliphatic rings. The zero-order valence-corrected chi connectivity index (χ0v) is 8.79. The number of aryl methyl sites for hydroxylation is 1. The lowest BCUT2D eigenvalue weighted by Gasteiger charge is -2.03. The standard InChI is InChI=1S/C9H12N4S/c1-13-9(6-11-12-13)10-4-2-8-3-5-14-7-8/h3,5-7,10H,2,4H2,1H3. The first kappa shape index (κ1) is 9.21. The molecule has 5 heteroatoms. The number of hydrogen-bond donors (Lipinski definition) is 1. The second-order valence-corrected chi connectivity index (χ2v) is 3.83. The van der Waals surface area contributed by atoms with Gasteiger partial charge < -0.3 is 5.32 Å². The van der Waals surface area contributed by atoms with Crippen LogP contribution >= 0.6 is 11.3 Å². The van der Waals surface area contributed by atoms with E-state index in [1.54, 1.807) is 22.2 Å². The van der Waals surface area contributed by atoms with Crippen molar-refractivity contribution in [3.8, 4) is 0 Å². The van der Waals surface area contributed by atoms with Crippen molar-refractivity contribution in [1.29, 1.82) is 0 Å². The van der Waals surface area contributed by atoms with Gasteiger partial charge in [0.2, 0.25) is 0 Å². The molecule has 0 aliphatic carbocycles. The molecule has 2 aromatic heterocycles. The fourth-order valence-electron chi connectivity index (χ4n) is 1.22. The third-order valence-corrected chi connectivity index (χ3v) is 2.75. The van der Waals surface area contributed by atoms with E-state index in [-0.39, 0.29) is 0 Å². The van der Waals surface area contributed by atoms with E-state index in [0.717, 1.165) is 18.8 Å². The molecule has 74 valence electrons. The molecule has 14 heavy (non-hydrogen) atoms. The van der Waals surface area contributed by atoms with Crippen LogP contribution in [0, 0.1) is 0 Å². The Morgan fingerprint density at radius 1 is 1.57 bits per heavy atom. The average molecular weight is 208 g/mol. The van der Waals surface area contributed by atoms with Crippen LogP contribution in [0.3, 0.4) is 0 Å². The molecule has 0 aliphatic heterocycles. The molecule has 4 nitrogen and oxygen atoms in total. The van der Waals surface area contributed by atoms with Crippen LogP contribution in [0.2, 0.25) is 0 Å². The zero-order chi connectivity index (χ0) is 9.80. The molecule has 0 fully saturated rings. The van der Waals surface area contributed by atoms with Crippen molar-refractivity contribution < 1.29 is 0 Å². The minimum Gasteiger partial charge on any atom is -0.369 e. The summed E-state index contributed by atoms with van der Waals surface area (Å²) in [5.74, 6) is 0.959. The van der Waals surface area contributed by atoms with Crippen molar-refractivity contribution in [3.63, 3.8) is 0 Å². The molecular formula is C9H12N4S. The molecule has 2 rings (SSSR count). The predicted molar refractivity (Wildman–Crippen MR) is 57.5 cm³/mol. The number of aromatic nitrogens is 3. The average Bonchev–Trinajstić information content (AvgIpc) is 2.78. The maximum Gasteiger partial charge on any atom is 0.144 e. The quantitative estimate of drug-likeness (QED) is 0.828. The van der Waals surface area contributed by atoms with E-state index < -0.39 is 0 Å². The van der Waals surface area contributed by atoms with Gasteiger partial charge in [-0.1, -0.05) is 5.21 Å². The van der Waals surface area contributed by atoms with E-state index in [9.17, 15) is 0 Å². The van der Waals surface area contributed by atoms with Crippen LogP contribution in [0.1, 0.15) is 5.56 Å². The van der Waals surface area contributed by atoms with E-state index in [4.69, 9.17) is 0 Å². The minimum absolute atomic E-state index is 0.915. The number of hydrogen-bond acceptors (Lipinski definition) is 4. The van der Waals surface area contributed by atoms with Crippen molar-refractivity contribution in [2.75, 3.05) is 11.9 Å². The van der Waals surface area contributed by atoms with Crippen molar-refractivity contribution in [3.05, 3.63) is 28.6 Å². The van der Waals surface area contributed by atoms with Crippen LogP contribution in [-0.2, 0) is 13.5 Å². The number of rotatable bonds is 4. The van der Waals surface area contributed by atoms with Gasteiger partial charge in [0.25, 0.3) is 0 Å². The Morgan fingerprint density at radius 2 is 2.50 bits per heavy atom. The van der Waals surface area contributed by atoms with Crippen molar-refractivity contribution in [2.45, 2.75) is 6.42 Å². The highest BCUT2D eigenvalue weighted by Crippen LogP contribution is 2.07. The molecule has 0 saturated heterocycles. The highest BCUT2D eigenvalue weighted by Gasteiger charge is 1.98. The van der Waals surface area contributed by atoms with Gasteiger partial charge in [-0.15, -0.1) is 5.10 Å². The van der Waals surface area contributed by atoms with E-state index in [1.807, 2.05) is 7.05 Å². The third kappa shape index (κ3) is 2.11. The molecule has 0 aromatic carbocycles. The Morgan fingerprint density at radius 3 is 3.14 bits per heavy atom. The van der Waals surface area contributed by atoms with Gasteiger partial charge in [-0.2, -0.15) is 11.3 Å². The summed E-state index contributed by atoms with van der Waals surface area (Å²) in [6, 6.07) is 2.15.